The minimum absolute atomic E-state index is 0.0464. The first kappa shape index (κ1) is 15.9. The predicted molar refractivity (Wildman–Crippen MR) is 97.2 cm³/mol. The van der Waals surface area contributed by atoms with Gasteiger partial charge in [0.1, 0.15) is 0 Å². The molecule has 0 aromatic heterocycles. The van der Waals surface area contributed by atoms with E-state index in [2.05, 4.69) is 12.1 Å². The van der Waals surface area contributed by atoms with E-state index in [1.54, 1.807) is 4.90 Å². The van der Waals surface area contributed by atoms with Crippen LogP contribution in [-0.4, -0.2) is 29.8 Å². The zero-order chi connectivity index (χ0) is 17.4. The van der Waals surface area contributed by atoms with Gasteiger partial charge in [0.2, 0.25) is 11.8 Å². The summed E-state index contributed by atoms with van der Waals surface area (Å²) in [7, 11) is 0. The third kappa shape index (κ3) is 2.93. The van der Waals surface area contributed by atoms with Gasteiger partial charge in [0.25, 0.3) is 0 Å². The van der Waals surface area contributed by atoms with Crippen LogP contribution in [0.15, 0.2) is 48.5 Å². The molecular weight excluding hydrogens is 312 g/mol. The Morgan fingerprint density at radius 1 is 1.04 bits per heavy atom. The van der Waals surface area contributed by atoms with Gasteiger partial charge in [0, 0.05) is 31.7 Å². The van der Waals surface area contributed by atoms with E-state index in [4.69, 9.17) is 0 Å². The number of carbonyl (C=O) groups is 2. The Morgan fingerprint density at radius 3 is 2.56 bits per heavy atom. The number of para-hydroxylation sites is 1. The van der Waals surface area contributed by atoms with Gasteiger partial charge in [0.05, 0.1) is 5.92 Å². The van der Waals surface area contributed by atoms with Crippen molar-refractivity contribution in [3.63, 3.8) is 0 Å². The minimum Gasteiger partial charge on any atom is -0.338 e. The lowest BCUT2D eigenvalue weighted by Gasteiger charge is -2.30. The number of fused-ring (bicyclic) bond motifs is 1. The highest BCUT2D eigenvalue weighted by Gasteiger charge is 2.38. The lowest BCUT2D eigenvalue weighted by molar-refractivity contribution is -0.136. The van der Waals surface area contributed by atoms with Gasteiger partial charge in [-0.3, -0.25) is 9.59 Å². The number of hydrogen-bond donors (Lipinski definition) is 0. The minimum atomic E-state index is -0.239. The van der Waals surface area contributed by atoms with Gasteiger partial charge >= 0.3 is 0 Å². The summed E-state index contributed by atoms with van der Waals surface area (Å²) in [5, 5.41) is 0. The van der Waals surface area contributed by atoms with E-state index >= 15 is 0 Å². The number of rotatable bonds is 2. The average Bonchev–Trinajstić information content (AvgIpc) is 3.02. The van der Waals surface area contributed by atoms with Gasteiger partial charge in [-0.2, -0.15) is 0 Å². The Kier molecular flexibility index (Phi) is 4.04. The van der Waals surface area contributed by atoms with Crippen LogP contribution in [0.4, 0.5) is 5.69 Å². The molecule has 0 radical (unpaired) electrons. The van der Waals surface area contributed by atoms with E-state index in [1.807, 2.05) is 48.2 Å². The molecule has 0 bridgehead atoms. The lowest BCUT2D eigenvalue weighted by atomic mass is 9.98. The lowest BCUT2D eigenvalue weighted by Crippen LogP contribution is -2.40. The van der Waals surface area contributed by atoms with Crippen LogP contribution in [0.25, 0.3) is 0 Å². The molecule has 128 valence electrons. The summed E-state index contributed by atoms with van der Waals surface area (Å²) in [6, 6.07) is 16.2. The van der Waals surface area contributed by atoms with E-state index in [1.165, 1.54) is 11.1 Å². The molecule has 0 N–H and O–H groups in total. The second-order valence-electron chi connectivity index (χ2n) is 6.97. The van der Waals surface area contributed by atoms with Crippen molar-refractivity contribution in [3.8, 4) is 0 Å². The van der Waals surface area contributed by atoms with Crippen LogP contribution in [0, 0.1) is 12.8 Å². The first-order valence-corrected chi connectivity index (χ1v) is 8.85. The van der Waals surface area contributed by atoms with Gasteiger partial charge < -0.3 is 9.80 Å². The van der Waals surface area contributed by atoms with Crippen LogP contribution < -0.4 is 4.90 Å². The fraction of sp³-hybridized carbons (Fsp3) is 0.333. The van der Waals surface area contributed by atoms with Crippen molar-refractivity contribution in [2.75, 3.05) is 18.0 Å². The molecule has 1 saturated heterocycles. The molecule has 0 unspecified atom stereocenters. The van der Waals surface area contributed by atoms with Crippen LogP contribution in [0.5, 0.6) is 0 Å². The quantitative estimate of drug-likeness (QED) is 0.847. The highest BCUT2D eigenvalue weighted by Crippen LogP contribution is 2.30. The molecule has 25 heavy (non-hydrogen) atoms. The van der Waals surface area contributed by atoms with Crippen molar-refractivity contribution in [2.45, 2.75) is 26.3 Å². The standard InChI is InChI=1S/C21H22N2O2/c1-15-6-2-5-9-19(15)23-14-18(12-20(23)24)21(25)22-11-10-16-7-3-4-8-17(16)13-22/h2-9,18H,10-14H2,1H3/t18-/m1/s1. The number of nitrogens with zero attached hydrogens (tertiary/aromatic N) is 2. The topological polar surface area (TPSA) is 40.6 Å². The molecule has 2 amide bonds. The molecule has 1 atom stereocenters. The fourth-order valence-electron chi connectivity index (χ4n) is 3.91. The number of hydrogen-bond acceptors (Lipinski definition) is 2. The summed E-state index contributed by atoms with van der Waals surface area (Å²) in [6.07, 6.45) is 1.20. The van der Waals surface area contributed by atoms with Crippen LogP contribution in [0.3, 0.4) is 0 Å². The normalized spacial score (nSPS) is 19.9. The van der Waals surface area contributed by atoms with Crippen molar-refractivity contribution in [2.24, 2.45) is 5.92 Å². The molecule has 4 nitrogen and oxygen atoms in total. The molecule has 2 aliphatic heterocycles. The van der Waals surface area contributed by atoms with Crippen molar-refractivity contribution in [1.82, 2.24) is 4.90 Å². The van der Waals surface area contributed by atoms with Crippen molar-refractivity contribution >= 4 is 17.5 Å². The Bertz CT molecular complexity index is 830. The maximum atomic E-state index is 13.0. The molecular formula is C21H22N2O2. The molecule has 2 aromatic rings. The van der Waals surface area contributed by atoms with Gasteiger partial charge in [-0.15, -0.1) is 0 Å². The maximum absolute atomic E-state index is 13.0. The Balaban J connectivity index is 1.49. The number of benzene rings is 2. The summed E-state index contributed by atoms with van der Waals surface area (Å²) in [4.78, 5) is 29.1. The van der Waals surface area contributed by atoms with Gasteiger partial charge in [0.15, 0.2) is 0 Å². The predicted octanol–water partition coefficient (Wildman–Crippen LogP) is 2.93. The smallest absolute Gasteiger partial charge is 0.228 e. The zero-order valence-corrected chi connectivity index (χ0v) is 14.4. The van der Waals surface area contributed by atoms with Gasteiger partial charge in [-0.1, -0.05) is 42.5 Å². The summed E-state index contributed by atoms with van der Waals surface area (Å²) in [5.41, 5.74) is 4.54. The third-order valence-corrected chi connectivity index (χ3v) is 5.32. The van der Waals surface area contributed by atoms with Crippen LogP contribution in [0.2, 0.25) is 0 Å². The molecule has 0 aliphatic carbocycles. The third-order valence-electron chi connectivity index (χ3n) is 5.32. The van der Waals surface area contributed by atoms with Crippen molar-refractivity contribution in [1.29, 1.82) is 0 Å². The Labute approximate surface area is 148 Å². The summed E-state index contributed by atoms with van der Waals surface area (Å²) in [6.45, 7) is 3.88. The van der Waals surface area contributed by atoms with Crippen molar-refractivity contribution in [3.05, 3.63) is 65.2 Å². The fourth-order valence-corrected chi connectivity index (χ4v) is 3.91. The van der Waals surface area contributed by atoms with Crippen LogP contribution in [-0.2, 0) is 22.6 Å². The zero-order valence-electron chi connectivity index (χ0n) is 14.4. The van der Waals surface area contributed by atoms with E-state index in [0.29, 0.717) is 19.5 Å². The Morgan fingerprint density at radius 2 is 1.76 bits per heavy atom. The van der Waals surface area contributed by atoms with Crippen LogP contribution >= 0.6 is 0 Å². The highest BCUT2D eigenvalue weighted by molar-refractivity contribution is 6.00. The number of amides is 2. The monoisotopic (exact) mass is 334 g/mol. The largest absolute Gasteiger partial charge is 0.338 e. The first-order chi connectivity index (χ1) is 12.1. The van der Waals surface area contributed by atoms with Gasteiger partial charge in [-0.05, 0) is 36.1 Å². The molecule has 1 fully saturated rings. The summed E-state index contributed by atoms with van der Waals surface area (Å²) < 4.78 is 0. The molecule has 4 rings (SSSR count). The average molecular weight is 334 g/mol. The molecule has 4 heteroatoms. The second kappa shape index (κ2) is 6.36. The molecule has 2 heterocycles. The van der Waals surface area contributed by atoms with Crippen LogP contribution in [0.1, 0.15) is 23.1 Å². The molecule has 2 aromatic carbocycles. The molecule has 2 aliphatic rings. The summed E-state index contributed by atoms with van der Waals surface area (Å²) >= 11 is 0. The van der Waals surface area contributed by atoms with E-state index in [0.717, 1.165) is 24.2 Å². The SMILES string of the molecule is Cc1ccccc1N1C[C@H](C(=O)N2CCc3ccccc3C2)CC1=O. The Hall–Kier alpha value is -2.62. The van der Waals surface area contributed by atoms with Crippen molar-refractivity contribution < 1.29 is 9.59 Å². The molecule has 0 spiro atoms. The maximum Gasteiger partial charge on any atom is 0.228 e. The summed E-state index contributed by atoms with van der Waals surface area (Å²) in [5.74, 6) is -0.0821. The number of carbonyl (C=O) groups excluding carboxylic acids is 2. The van der Waals surface area contributed by atoms with E-state index < -0.39 is 0 Å². The number of aryl methyl sites for hydroxylation is 1. The number of anilines is 1. The van der Waals surface area contributed by atoms with Gasteiger partial charge in [-0.25, -0.2) is 0 Å². The van der Waals surface area contributed by atoms with E-state index in [9.17, 15) is 9.59 Å². The highest BCUT2D eigenvalue weighted by atomic mass is 16.2. The second-order valence-corrected chi connectivity index (χ2v) is 6.97. The first-order valence-electron chi connectivity index (χ1n) is 8.85. The van der Waals surface area contributed by atoms with E-state index in [-0.39, 0.29) is 17.7 Å². The molecule has 0 saturated carbocycles.